The van der Waals surface area contributed by atoms with E-state index in [-0.39, 0.29) is 10.6 Å². The topological polar surface area (TPSA) is 60.2 Å². The van der Waals surface area contributed by atoms with Crippen LogP contribution >= 0.6 is 0 Å². The van der Waals surface area contributed by atoms with E-state index in [4.69, 9.17) is 5.73 Å². The van der Waals surface area contributed by atoms with Crippen LogP contribution in [-0.4, -0.2) is 8.42 Å². The van der Waals surface area contributed by atoms with Crippen LogP contribution in [0.3, 0.4) is 0 Å². The molecule has 0 aliphatic rings. The summed E-state index contributed by atoms with van der Waals surface area (Å²) in [5, 5.41) is 3.46. The van der Waals surface area contributed by atoms with E-state index in [1.54, 1.807) is 30.3 Å². The molecule has 4 aromatic carbocycles. The highest BCUT2D eigenvalue weighted by molar-refractivity contribution is 7.94. The van der Waals surface area contributed by atoms with Crippen molar-refractivity contribution in [1.29, 1.82) is 0 Å². The Kier molecular flexibility index (Phi) is 4.72. The highest BCUT2D eigenvalue weighted by Crippen LogP contribution is 2.27. The summed E-state index contributed by atoms with van der Waals surface area (Å²) in [6.45, 7) is 0. The fourth-order valence-electron chi connectivity index (χ4n) is 3.16. The van der Waals surface area contributed by atoms with Gasteiger partial charge in [-0.3, -0.25) is 0 Å². The molecule has 4 rings (SSSR count). The Morgan fingerprint density at radius 2 is 1.36 bits per heavy atom. The fourth-order valence-corrected chi connectivity index (χ4v) is 4.30. The van der Waals surface area contributed by atoms with E-state index >= 15 is 0 Å². The zero-order valence-electron chi connectivity index (χ0n) is 15.1. The smallest absolute Gasteiger partial charge is 0.201 e. The summed E-state index contributed by atoms with van der Waals surface area (Å²) in [6, 6.07) is 30.3. The molecule has 0 amide bonds. The van der Waals surface area contributed by atoms with Crippen molar-refractivity contribution in [3.63, 3.8) is 0 Å². The van der Waals surface area contributed by atoms with E-state index in [9.17, 15) is 8.42 Å². The SMILES string of the molecule is N/C(=C\S(=O)(=O)c1ccccc1)c1cccc(-c2ccc3ccccc3c2)c1. The number of rotatable bonds is 4. The quantitative estimate of drug-likeness (QED) is 0.523. The lowest BCUT2D eigenvalue weighted by molar-refractivity contribution is 0.604. The third kappa shape index (κ3) is 3.68. The molecule has 0 saturated heterocycles. The maximum atomic E-state index is 12.6. The molecule has 0 heterocycles. The van der Waals surface area contributed by atoms with Crippen LogP contribution in [0.15, 0.2) is 107 Å². The Bertz CT molecular complexity index is 1280. The average molecular weight is 385 g/mol. The molecule has 0 atom stereocenters. The highest BCUT2D eigenvalue weighted by atomic mass is 32.2. The van der Waals surface area contributed by atoms with E-state index < -0.39 is 9.84 Å². The first-order valence-corrected chi connectivity index (χ1v) is 10.4. The minimum absolute atomic E-state index is 0.214. The van der Waals surface area contributed by atoms with E-state index in [0.717, 1.165) is 21.9 Å². The largest absolute Gasteiger partial charge is 0.398 e. The van der Waals surface area contributed by atoms with Crippen LogP contribution in [0, 0.1) is 0 Å². The van der Waals surface area contributed by atoms with Crippen molar-refractivity contribution in [2.75, 3.05) is 0 Å². The monoisotopic (exact) mass is 385 g/mol. The maximum absolute atomic E-state index is 12.6. The molecule has 0 bridgehead atoms. The van der Waals surface area contributed by atoms with Gasteiger partial charge in [-0.25, -0.2) is 8.42 Å². The van der Waals surface area contributed by atoms with Crippen molar-refractivity contribution in [3.05, 3.63) is 108 Å². The normalized spacial score (nSPS) is 12.2. The van der Waals surface area contributed by atoms with Crippen LogP contribution in [0.4, 0.5) is 0 Å². The van der Waals surface area contributed by atoms with Crippen molar-refractivity contribution < 1.29 is 8.42 Å². The summed E-state index contributed by atoms with van der Waals surface area (Å²) in [7, 11) is -3.60. The van der Waals surface area contributed by atoms with Gasteiger partial charge in [-0.05, 0) is 51.7 Å². The molecule has 4 aromatic rings. The Morgan fingerprint density at radius 3 is 2.14 bits per heavy atom. The van der Waals surface area contributed by atoms with Crippen molar-refractivity contribution in [2.45, 2.75) is 4.90 Å². The van der Waals surface area contributed by atoms with Gasteiger partial charge >= 0.3 is 0 Å². The molecule has 0 spiro atoms. The highest BCUT2D eigenvalue weighted by Gasteiger charge is 2.12. The third-order valence-electron chi connectivity index (χ3n) is 4.63. The molecule has 0 fully saturated rings. The summed E-state index contributed by atoms with van der Waals surface area (Å²) in [5.74, 6) is 0. The van der Waals surface area contributed by atoms with Crippen LogP contribution in [0.5, 0.6) is 0 Å². The lowest BCUT2D eigenvalue weighted by Gasteiger charge is -2.08. The molecular formula is C24H19NO2S. The van der Waals surface area contributed by atoms with Crippen LogP contribution < -0.4 is 5.73 Å². The van der Waals surface area contributed by atoms with E-state index in [1.165, 1.54) is 5.39 Å². The molecule has 2 N–H and O–H groups in total. The molecule has 3 nitrogen and oxygen atoms in total. The van der Waals surface area contributed by atoms with Gasteiger partial charge in [0.15, 0.2) is 0 Å². The predicted molar refractivity (Wildman–Crippen MR) is 115 cm³/mol. The molecule has 0 saturated carbocycles. The second kappa shape index (κ2) is 7.33. The second-order valence-corrected chi connectivity index (χ2v) is 8.37. The van der Waals surface area contributed by atoms with Gasteiger partial charge in [0.05, 0.1) is 16.0 Å². The maximum Gasteiger partial charge on any atom is 0.201 e. The first-order valence-electron chi connectivity index (χ1n) is 8.90. The molecule has 0 unspecified atom stereocenters. The minimum atomic E-state index is -3.60. The standard InChI is InChI=1S/C24H19NO2S/c25-24(17-28(26,27)23-11-2-1-3-12-23)22-10-6-9-20(16-22)21-14-13-18-7-4-5-8-19(18)15-21/h1-17H,25H2/b24-17-. The number of sulfone groups is 1. The Balaban J connectivity index is 1.71. The average Bonchev–Trinajstić information content (AvgIpc) is 2.74. The fraction of sp³-hybridized carbons (Fsp3) is 0. The van der Waals surface area contributed by atoms with Crippen LogP contribution in [0.1, 0.15) is 5.56 Å². The number of benzene rings is 4. The second-order valence-electron chi connectivity index (χ2n) is 6.57. The molecule has 0 aromatic heterocycles. The zero-order chi connectivity index (χ0) is 19.6. The van der Waals surface area contributed by atoms with Crippen LogP contribution in [0.25, 0.3) is 27.6 Å². The predicted octanol–water partition coefficient (Wildman–Crippen LogP) is 5.24. The summed E-state index contributed by atoms with van der Waals surface area (Å²) in [4.78, 5) is 0.226. The third-order valence-corrected chi connectivity index (χ3v) is 6.13. The summed E-state index contributed by atoms with van der Waals surface area (Å²) in [6.07, 6.45) is 0. The van der Waals surface area contributed by atoms with Gasteiger partial charge in [-0.1, -0.05) is 72.8 Å². The van der Waals surface area contributed by atoms with Gasteiger partial charge in [0.1, 0.15) is 0 Å². The summed E-state index contributed by atoms with van der Waals surface area (Å²) >= 11 is 0. The first kappa shape index (κ1) is 18.0. The zero-order valence-corrected chi connectivity index (χ0v) is 15.9. The number of fused-ring (bicyclic) bond motifs is 1. The van der Waals surface area contributed by atoms with E-state index in [0.29, 0.717) is 5.56 Å². The Labute approximate surface area is 164 Å². The first-order chi connectivity index (χ1) is 13.5. The van der Waals surface area contributed by atoms with Gasteiger partial charge in [-0.2, -0.15) is 0 Å². The molecule has 0 aliphatic heterocycles. The van der Waals surface area contributed by atoms with Gasteiger partial charge < -0.3 is 5.73 Å². The summed E-state index contributed by atoms with van der Waals surface area (Å²) < 4.78 is 25.1. The molecule has 0 radical (unpaired) electrons. The van der Waals surface area contributed by atoms with Gasteiger partial charge in [0, 0.05) is 0 Å². The number of hydrogen-bond donors (Lipinski definition) is 1. The van der Waals surface area contributed by atoms with Crippen molar-refractivity contribution >= 4 is 26.3 Å². The Hall–Kier alpha value is -3.37. The van der Waals surface area contributed by atoms with Gasteiger partial charge in [0.2, 0.25) is 9.84 Å². The van der Waals surface area contributed by atoms with Crippen LogP contribution in [0.2, 0.25) is 0 Å². The Morgan fingerprint density at radius 1 is 0.679 bits per heavy atom. The lowest BCUT2D eigenvalue weighted by atomic mass is 9.99. The van der Waals surface area contributed by atoms with Crippen LogP contribution in [-0.2, 0) is 9.84 Å². The molecule has 0 aliphatic carbocycles. The minimum Gasteiger partial charge on any atom is -0.398 e. The molecular weight excluding hydrogens is 366 g/mol. The molecule has 28 heavy (non-hydrogen) atoms. The van der Waals surface area contributed by atoms with E-state index in [1.807, 2.05) is 36.4 Å². The van der Waals surface area contributed by atoms with E-state index in [2.05, 4.69) is 30.3 Å². The van der Waals surface area contributed by atoms with Crippen molar-refractivity contribution in [2.24, 2.45) is 5.73 Å². The van der Waals surface area contributed by atoms with Crippen molar-refractivity contribution in [1.82, 2.24) is 0 Å². The summed E-state index contributed by atoms with van der Waals surface area (Å²) in [5.41, 5.74) is 9.06. The van der Waals surface area contributed by atoms with Gasteiger partial charge in [0.25, 0.3) is 0 Å². The van der Waals surface area contributed by atoms with Crippen molar-refractivity contribution in [3.8, 4) is 11.1 Å². The number of nitrogens with two attached hydrogens (primary N) is 1. The molecule has 138 valence electrons. The molecule has 4 heteroatoms. The lowest BCUT2D eigenvalue weighted by Crippen LogP contribution is -2.03. The number of hydrogen-bond acceptors (Lipinski definition) is 3. The van der Waals surface area contributed by atoms with Gasteiger partial charge in [-0.15, -0.1) is 0 Å².